The van der Waals surface area contributed by atoms with Crippen LogP contribution in [-0.4, -0.2) is 22.6 Å². The first-order valence-electron chi connectivity index (χ1n) is 9.94. The van der Waals surface area contributed by atoms with Crippen molar-refractivity contribution in [2.24, 2.45) is 4.99 Å². The highest BCUT2D eigenvalue weighted by molar-refractivity contribution is 8.16. The lowest BCUT2D eigenvalue weighted by molar-refractivity contribution is -0.139. The maximum atomic E-state index is 12.9. The van der Waals surface area contributed by atoms with Gasteiger partial charge in [0, 0.05) is 11.8 Å². The molecule has 0 N–H and O–H groups in total. The minimum Gasteiger partial charge on any atom is -0.489 e. The molecule has 0 unspecified atom stereocenters. The first kappa shape index (κ1) is 20.3. The third-order valence-corrected chi connectivity index (χ3v) is 5.82. The number of aryl methyl sites for hydroxylation is 1. The molecule has 0 radical (unpaired) electrons. The Morgan fingerprint density at radius 3 is 2.67 bits per heavy atom. The first-order chi connectivity index (χ1) is 14.6. The number of ether oxygens (including phenoxy) is 2. The summed E-state index contributed by atoms with van der Waals surface area (Å²) >= 11 is 1.54. The predicted molar refractivity (Wildman–Crippen MR) is 120 cm³/mol. The molecule has 0 aromatic heterocycles. The van der Waals surface area contributed by atoms with Crippen molar-refractivity contribution in [3.63, 3.8) is 0 Å². The van der Waals surface area contributed by atoms with E-state index in [0.717, 1.165) is 22.0 Å². The second-order valence-electron chi connectivity index (χ2n) is 7.14. The summed E-state index contributed by atoms with van der Waals surface area (Å²) in [7, 11) is 0. The Morgan fingerprint density at radius 1 is 1.13 bits per heavy atom. The lowest BCUT2D eigenvalue weighted by Gasteiger charge is -2.34. The summed E-state index contributed by atoms with van der Waals surface area (Å²) in [6, 6.07) is 15.8. The smallest absolute Gasteiger partial charge is 0.338 e. The number of thioether (sulfide) groups is 1. The zero-order valence-electron chi connectivity index (χ0n) is 17.3. The van der Waals surface area contributed by atoms with Gasteiger partial charge < -0.3 is 14.4 Å². The molecule has 0 saturated heterocycles. The van der Waals surface area contributed by atoms with Crippen LogP contribution >= 0.6 is 11.8 Å². The van der Waals surface area contributed by atoms with Gasteiger partial charge in [0.15, 0.2) is 5.17 Å². The van der Waals surface area contributed by atoms with Crippen molar-refractivity contribution < 1.29 is 14.3 Å². The number of aliphatic imine (C=N–C) groups is 1. The van der Waals surface area contributed by atoms with Gasteiger partial charge in [0.25, 0.3) is 0 Å². The van der Waals surface area contributed by atoms with E-state index in [2.05, 4.69) is 36.2 Å². The van der Waals surface area contributed by atoms with E-state index < -0.39 is 0 Å². The molecule has 5 nitrogen and oxygen atoms in total. The number of carbonyl (C=O) groups excluding carboxylic acids is 1. The molecule has 0 spiro atoms. The summed E-state index contributed by atoms with van der Waals surface area (Å²) in [5, 5.41) is 2.82. The van der Waals surface area contributed by atoms with Gasteiger partial charge in [0.05, 0.1) is 23.9 Å². The fourth-order valence-corrected chi connectivity index (χ4v) is 4.35. The highest BCUT2D eigenvalue weighted by Crippen LogP contribution is 2.43. The van der Waals surface area contributed by atoms with Gasteiger partial charge in [0.1, 0.15) is 12.4 Å². The lowest BCUT2D eigenvalue weighted by atomic mass is 9.94. The van der Waals surface area contributed by atoms with E-state index in [9.17, 15) is 4.79 Å². The van der Waals surface area contributed by atoms with E-state index in [1.807, 2.05) is 54.6 Å². The van der Waals surface area contributed by atoms with Crippen LogP contribution in [0.15, 0.2) is 76.4 Å². The normalized spacial score (nSPS) is 17.6. The zero-order chi connectivity index (χ0) is 21.1. The van der Waals surface area contributed by atoms with Crippen LogP contribution in [0.4, 0.5) is 0 Å². The van der Waals surface area contributed by atoms with Crippen LogP contribution in [0.1, 0.15) is 36.6 Å². The average molecular weight is 421 g/mol. The molecule has 6 heteroatoms. The van der Waals surface area contributed by atoms with E-state index in [0.29, 0.717) is 24.5 Å². The van der Waals surface area contributed by atoms with Crippen LogP contribution in [0.3, 0.4) is 0 Å². The molecule has 0 amide bonds. The molecule has 0 aliphatic carbocycles. The van der Waals surface area contributed by atoms with Crippen molar-refractivity contribution in [1.82, 2.24) is 4.90 Å². The first-order valence-corrected chi connectivity index (χ1v) is 10.8. The third-order valence-electron chi connectivity index (χ3n) is 5.04. The van der Waals surface area contributed by atoms with Gasteiger partial charge >= 0.3 is 5.97 Å². The molecular weight excluding hydrogens is 396 g/mol. The van der Waals surface area contributed by atoms with Gasteiger partial charge in [-0.15, -0.1) is 0 Å². The highest BCUT2D eigenvalue weighted by atomic mass is 32.2. The summed E-state index contributed by atoms with van der Waals surface area (Å²) in [5.74, 6) is 0.394. The fraction of sp³-hybridized carbons (Fsp3) is 0.250. The van der Waals surface area contributed by atoms with Gasteiger partial charge in [0.2, 0.25) is 0 Å². The Hall–Kier alpha value is -2.99. The number of nitrogens with zero attached hydrogens (tertiary/aromatic N) is 2. The second kappa shape index (κ2) is 8.79. The molecule has 0 fully saturated rings. The molecule has 0 saturated carbocycles. The number of benzene rings is 2. The van der Waals surface area contributed by atoms with Gasteiger partial charge in [-0.25, -0.2) is 9.79 Å². The molecule has 154 valence electrons. The SMILES string of the molecule is CCOC(=O)C1=C(C)N=C2SC=CN2[C@H]1c1ccccc1OCc1ccc(C)cc1. The summed E-state index contributed by atoms with van der Waals surface area (Å²) < 4.78 is 11.6. The van der Waals surface area contributed by atoms with Crippen molar-refractivity contribution >= 4 is 22.9 Å². The number of hydrogen-bond donors (Lipinski definition) is 0. The Morgan fingerprint density at radius 2 is 1.90 bits per heavy atom. The number of fused-ring (bicyclic) bond motifs is 1. The van der Waals surface area contributed by atoms with Crippen LogP contribution < -0.4 is 4.74 Å². The highest BCUT2D eigenvalue weighted by Gasteiger charge is 2.38. The van der Waals surface area contributed by atoms with Crippen molar-refractivity contribution in [1.29, 1.82) is 0 Å². The number of allylic oxidation sites excluding steroid dienone is 1. The number of amidine groups is 1. The van der Waals surface area contributed by atoms with Crippen molar-refractivity contribution in [2.45, 2.75) is 33.4 Å². The van der Waals surface area contributed by atoms with Crippen LogP contribution in [0.2, 0.25) is 0 Å². The third kappa shape index (κ3) is 4.00. The standard InChI is InChI=1S/C24H24N2O3S/c1-4-28-23(27)21-17(3)25-24-26(13-14-30-24)22(21)19-7-5-6-8-20(19)29-15-18-11-9-16(2)10-12-18/h5-14,22H,4,15H2,1-3H3/t22-/m0/s1. The summed E-state index contributed by atoms with van der Waals surface area (Å²) in [6.45, 7) is 6.50. The maximum Gasteiger partial charge on any atom is 0.338 e. The van der Waals surface area contributed by atoms with Crippen molar-refractivity contribution in [2.75, 3.05) is 6.61 Å². The Labute approximate surface area is 181 Å². The van der Waals surface area contributed by atoms with Crippen LogP contribution in [0.25, 0.3) is 0 Å². The van der Waals surface area contributed by atoms with Crippen LogP contribution in [-0.2, 0) is 16.1 Å². The van der Waals surface area contributed by atoms with E-state index >= 15 is 0 Å². The second-order valence-corrected chi connectivity index (χ2v) is 8.01. The monoisotopic (exact) mass is 420 g/mol. The number of esters is 1. The van der Waals surface area contributed by atoms with E-state index in [1.54, 1.807) is 11.8 Å². The molecule has 4 rings (SSSR count). The molecule has 1 atom stereocenters. The molecular formula is C24H24N2O3S. The van der Waals surface area contributed by atoms with E-state index in [1.165, 1.54) is 5.56 Å². The number of hydrogen-bond acceptors (Lipinski definition) is 6. The molecule has 2 aliphatic heterocycles. The average Bonchev–Trinajstić information content (AvgIpc) is 3.21. The summed E-state index contributed by atoms with van der Waals surface area (Å²) in [4.78, 5) is 19.5. The fourth-order valence-electron chi connectivity index (χ4n) is 3.56. The Balaban J connectivity index is 1.70. The minimum absolute atomic E-state index is 0.315. The van der Waals surface area contributed by atoms with E-state index in [-0.39, 0.29) is 12.0 Å². The number of carbonyl (C=O) groups is 1. The van der Waals surface area contributed by atoms with Crippen molar-refractivity contribution in [3.8, 4) is 5.75 Å². The maximum absolute atomic E-state index is 12.9. The largest absolute Gasteiger partial charge is 0.489 e. The Bertz CT molecular complexity index is 1040. The lowest BCUT2D eigenvalue weighted by Crippen LogP contribution is -2.34. The van der Waals surface area contributed by atoms with Gasteiger partial charge in [-0.1, -0.05) is 59.8 Å². The molecule has 2 aliphatic rings. The Kier molecular flexibility index (Phi) is 5.95. The van der Waals surface area contributed by atoms with Crippen molar-refractivity contribution in [3.05, 3.63) is 88.1 Å². The number of rotatable bonds is 6. The zero-order valence-corrected chi connectivity index (χ0v) is 18.1. The molecule has 2 aromatic carbocycles. The quantitative estimate of drug-likeness (QED) is 0.590. The molecule has 0 bridgehead atoms. The summed E-state index contributed by atoms with van der Waals surface area (Å²) in [6.07, 6.45) is 1.95. The molecule has 30 heavy (non-hydrogen) atoms. The van der Waals surface area contributed by atoms with E-state index in [4.69, 9.17) is 9.47 Å². The van der Waals surface area contributed by atoms with Gasteiger partial charge in [-0.05, 0) is 37.8 Å². The molecule has 2 aromatic rings. The number of para-hydroxylation sites is 1. The summed E-state index contributed by atoms with van der Waals surface area (Å²) in [5.41, 5.74) is 4.43. The van der Waals surface area contributed by atoms with Crippen LogP contribution in [0, 0.1) is 6.92 Å². The predicted octanol–water partition coefficient (Wildman–Crippen LogP) is 5.34. The van der Waals surface area contributed by atoms with Gasteiger partial charge in [-0.3, -0.25) is 0 Å². The van der Waals surface area contributed by atoms with Crippen LogP contribution in [0.5, 0.6) is 5.75 Å². The molecule has 2 heterocycles. The minimum atomic E-state index is -0.350. The van der Waals surface area contributed by atoms with Gasteiger partial charge in [-0.2, -0.15) is 0 Å². The topological polar surface area (TPSA) is 51.1 Å².